The van der Waals surface area contributed by atoms with E-state index in [9.17, 15) is 4.79 Å². The molecular weight excluding hydrogens is 296 g/mol. The number of nitrogens with zero attached hydrogens (tertiary/aromatic N) is 1. The molecule has 4 heteroatoms. The summed E-state index contributed by atoms with van der Waals surface area (Å²) in [6.07, 6.45) is 4.40. The third-order valence-corrected chi connectivity index (χ3v) is 4.51. The van der Waals surface area contributed by atoms with Crippen molar-refractivity contribution in [2.45, 2.75) is 39.2 Å². The molecule has 1 heterocycles. The van der Waals surface area contributed by atoms with Gasteiger partial charge in [0.15, 0.2) is 0 Å². The van der Waals surface area contributed by atoms with Gasteiger partial charge in [0.1, 0.15) is 0 Å². The van der Waals surface area contributed by atoms with Crippen molar-refractivity contribution < 1.29 is 4.79 Å². The lowest BCUT2D eigenvalue weighted by atomic mass is 10.0. The molecule has 0 unspecified atom stereocenters. The second kappa shape index (κ2) is 7.30. The molecule has 0 aliphatic carbocycles. The first-order valence-electron chi connectivity index (χ1n) is 7.85. The summed E-state index contributed by atoms with van der Waals surface area (Å²) in [4.78, 5) is 14.7. The Morgan fingerprint density at radius 1 is 1.27 bits per heavy atom. The van der Waals surface area contributed by atoms with Gasteiger partial charge in [-0.05, 0) is 70.5 Å². The van der Waals surface area contributed by atoms with E-state index in [1.165, 1.54) is 12.8 Å². The van der Waals surface area contributed by atoms with Crippen LogP contribution in [0.1, 0.15) is 39.2 Å². The molecule has 0 radical (unpaired) electrons. The molecule has 1 fully saturated rings. The molecule has 0 bridgehead atoms. The molecule has 1 aromatic carbocycles. The maximum Gasteiger partial charge on any atom is 0.247 e. The van der Waals surface area contributed by atoms with Crippen LogP contribution >= 0.6 is 11.6 Å². The molecule has 1 saturated heterocycles. The first-order chi connectivity index (χ1) is 10.4. The van der Waals surface area contributed by atoms with Crippen LogP contribution in [0.4, 0.5) is 0 Å². The van der Waals surface area contributed by atoms with Crippen molar-refractivity contribution in [2.75, 3.05) is 19.6 Å². The molecule has 0 aromatic heterocycles. The summed E-state index contributed by atoms with van der Waals surface area (Å²) >= 11 is 5.87. The molecule has 22 heavy (non-hydrogen) atoms. The first-order valence-corrected chi connectivity index (χ1v) is 8.23. The topological polar surface area (TPSA) is 32.3 Å². The van der Waals surface area contributed by atoms with E-state index in [1.54, 1.807) is 0 Å². The molecular formula is C18H25ClN2O. The van der Waals surface area contributed by atoms with Crippen LogP contribution in [0, 0.1) is 0 Å². The Hall–Kier alpha value is -1.32. The van der Waals surface area contributed by atoms with Crippen molar-refractivity contribution in [3.05, 3.63) is 40.4 Å². The van der Waals surface area contributed by atoms with Gasteiger partial charge in [-0.3, -0.25) is 9.69 Å². The SMILES string of the molecule is C/C(=C\c1ccc(Cl)cc1)C(=O)NCC(C)(C)N1CCCC1. The maximum atomic E-state index is 12.3. The second-order valence-corrected chi connectivity index (χ2v) is 7.00. The zero-order chi connectivity index (χ0) is 16.2. The zero-order valence-electron chi connectivity index (χ0n) is 13.7. The Kier molecular flexibility index (Phi) is 5.65. The van der Waals surface area contributed by atoms with Gasteiger partial charge in [-0.25, -0.2) is 0 Å². The number of amides is 1. The molecule has 1 aromatic rings. The highest BCUT2D eigenvalue weighted by Gasteiger charge is 2.29. The van der Waals surface area contributed by atoms with Crippen molar-refractivity contribution in [1.82, 2.24) is 10.2 Å². The predicted molar refractivity (Wildman–Crippen MR) is 93.0 cm³/mol. The first kappa shape index (κ1) is 17.0. The van der Waals surface area contributed by atoms with Crippen LogP contribution in [0.15, 0.2) is 29.8 Å². The van der Waals surface area contributed by atoms with E-state index in [0.717, 1.165) is 18.7 Å². The van der Waals surface area contributed by atoms with Gasteiger partial charge in [-0.15, -0.1) is 0 Å². The van der Waals surface area contributed by atoms with Crippen molar-refractivity contribution in [3.63, 3.8) is 0 Å². The highest BCUT2D eigenvalue weighted by atomic mass is 35.5. The van der Waals surface area contributed by atoms with E-state index >= 15 is 0 Å². The van der Waals surface area contributed by atoms with Crippen molar-refractivity contribution >= 4 is 23.6 Å². The summed E-state index contributed by atoms with van der Waals surface area (Å²) in [6, 6.07) is 7.48. The van der Waals surface area contributed by atoms with Crippen molar-refractivity contribution in [3.8, 4) is 0 Å². The number of hydrogen-bond acceptors (Lipinski definition) is 2. The Bertz CT molecular complexity index is 543. The van der Waals surface area contributed by atoms with Gasteiger partial charge in [0.25, 0.3) is 0 Å². The third-order valence-electron chi connectivity index (χ3n) is 4.26. The van der Waals surface area contributed by atoms with Crippen LogP contribution in [0.2, 0.25) is 5.02 Å². The molecule has 120 valence electrons. The predicted octanol–water partition coefficient (Wildman–Crippen LogP) is 3.73. The largest absolute Gasteiger partial charge is 0.350 e. The van der Waals surface area contributed by atoms with E-state index in [4.69, 9.17) is 11.6 Å². The summed E-state index contributed by atoms with van der Waals surface area (Å²) < 4.78 is 0. The fourth-order valence-corrected chi connectivity index (χ4v) is 2.87. The molecule has 2 rings (SSSR count). The quantitative estimate of drug-likeness (QED) is 0.838. The van der Waals surface area contributed by atoms with Crippen LogP contribution in [-0.2, 0) is 4.79 Å². The molecule has 1 aliphatic heterocycles. The molecule has 0 atom stereocenters. The summed E-state index contributed by atoms with van der Waals surface area (Å²) in [5.41, 5.74) is 1.70. The lowest BCUT2D eigenvalue weighted by Crippen LogP contribution is -2.50. The minimum absolute atomic E-state index is 0.00666. The third kappa shape index (κ3) is 4.59. The monoisotopic (exact) mass is 320 g/mol. The maximum absolute atomic E-state index is 12.3. The lowest BCUT2D eigenvalue weighted by molar-refractivity contribution is -0.117. The Balaban J connectivity index is 1.92. The van der Waals surface area contributed by atoms with Crippen LogP contribution in [0.25, 0.3) is 6.08 Å². The van der Waals surface area contributed by atoms with Crippen LogP contribution in [0.3, 0.4) is 0 Å². The molecule has 3 nitrogen and oxygen atoms in total. The molecule has 1 aliphatic rings. The van der Waals surface area contributed by atoms with Gasteiger partial charge in [-0.2, -0.15) is 0 Å². The fourth-order valence-electron chi connectivity index (χ4n) is 2.74. The number of benzene rings is 1. The smallest absolute Gasteiger partial charge is 0.247 e. The molecule has 0 spiro atoms. The van der Waals surface area contributed by atoms with E-state index in [0.29, 0.717) is 17.1 Å². The minimum Gasteiger partial charge on any atom is -0.350 e. The van der Waals surface area contributed by atoms with Crippen LogP contribution < -0.4 is 5.32 Å². The standard InChI is InChI=1S/C18H25ClN2O/c1-14(12-15-6-8-16(19)9-7-15)17(22)20-13-18(2,3)21-10-4-5-11-21/h6-9,12H,4-5,10-11,13H2,1-3H3,(H,20,22)/b14-12+. The van der Waals surface area contributed by atoms with E-state index < -0.39 is 0 Å². The average Bonchev–Trinajstić information content (AvgIpc) is 3.02. The molecule has 0 saturated carbocycles. The number of halogens is 1. The second-order valence-electron chi connectivity index (χ2n) is 6.57. The van der Waals surface area contributed by atoms with Crippen LogP contribution in [-0.4, -0.2) is 36.0 Å². The Morgan fingerprint density at radius 2 is 1.86 bits per heavy atom. The normalized spacial score (nSPS) is 16.8. The number of nitrogens with one attached hydrogen (secondary N) is 1. The van der Waals surface area contributed by atoms with Gasteiger partial charge in [0.05, 0.1) is 0 Å². The van der Waals surface area contributed by atoms with Gasteiger partial charge in [0.2, 0.25) is 5.91 Å². The number of carbonyl (C=O) groups excluding carboxylic acids is 1. The number of hydrogen-bond donors (Lipinski definition) is 1. The fraction of sp³-hybridized carbons (Fsp3) is 0.500. The van der Waals surface area contributed by atoms with Gasteiger partial charge < -0.3 is 5.32 Å². The summed E-state index contributed by atoms with van der Waals surface area (Å²) in [7, 11) is 0. The van der Waals surface area contributed by atoms with E-state index in [2.05, 4.69) is 24.1 Å². The summed E-state index contributed by atoms with van der Waals surface area (Å²) in [6.45, 7) is 9.14. The number of rotatable bonds is 5. The number of carbonyl (C=O) groups is 1. The zero-order valence-corrected chi connectivity index (χ0v) is 14.4. The number of likely N-dealkylation sites (tertiary alicyclic amines) is 1. The lowest BCUT2D eigenvalue weighted by Gasteiger charge is -2.35. The van der Waals surface area contributed by atoms with Crippen molar-refractivity contribution in [1.29, 1.82) is 0 Å². The molecule has 1 amide bonds. The van der Waals surface area contributed by atoms with Gasteiger partial charge in [0, 0.05) is 22.7 Å². The van der Waals surface area contributed by atoms with Crippen LogP contribution in [0.5, 0.6) is 0 Å². The highest BCUT2D eigenvalue weighted by molar-refractivity contribution is 6.30. The minimum atomic E-state index is -0.0118. The van der Waals surface area contributed by atoms with Gasteiger partial charge in [-0.1, -0.05) is 23.7 Å². The van der Waals surface area contributed by atoms with E-state index in [1.807, 2.05) is 37.3 Å². The van der Waals surface area contributed by atoms with Crippen molar-refractivity contribution in [2.24, 2.45) is 0 Å². The Morgan fingerprint density at radius 3 is 2.45 bits per heavy atom. The van der Waals surface area contributed by atoms with E-state index in [-0.39, 0.29) is 11.4 Å². The summed E-state index contributed by atoms with van der Waals surface area (Å²) in [5, 5.41) is 3.76. The Labute approximate surface area is 138 Å². The summed E-state index contributed by atoms with van der Waals surface area (Å²) in [5.74, 6) is -0.0118. The van der Waals surface area contributed by atoms with Gasteiger partial charge >= 0.3 is 0 Å². The highest BCUT2D eigenvalue weighted by Crippen LogP contribution is 2.20. The average molecular weight is 321 g/mol. The molecule has 1 N–H and O–H groups in total.